The molecule has 1 aromatic rings. The maximum atomic E-state index is 11.6. The van der Waals surface area contributed by atoms with Crippen LogP contribution in [0.5, 0.6) is 5.75 Å². The first-order valence-corrected chi connectivity index (χ1v) is 4.83. The Morgan fingerprint density at radius 3 is 2.81 bits per heavy atom. The Balaban J connectivity index is 2.84. The van der Waals surface area contributed by atoms with E-state index in [2.05, 4.69) is 0 Å². The first-order chi connectivity index (χ1) is 7.54. The van der Waals surface area contributed by atoms with E-state index in [9.17, 15) is 4.79 Å². The van der Waals surface area contributed by atoms with Gasteiger partial charge in [0, 0.05) is 5.69 Å². The molecule has 0 amide bonds. The Morgan fingerprint density at radius 2 is 2.25 bits per heavy atom. The maximum absolute atomic E-state index is 11.6. The van der Waals surface area contributed by atoms with Crippen LogP contribution in [0.2, 0.25) is 0 Å². The number of carbonyl (C=O) groups is 1. The van der Waals surface area contributed by atoms with Crippen molar-refractivity contribution in [1.82, 2.24) is 0 Å². The third kappa shape index (κ3) is 3.13. The van der Waals surface area contributed by atoms with Crippen LogP contribution >= 0.6 is 0 Å². The van der Waals surface area contributed by atoms with Crippen LogP contribution in [0.1, 0.15) is 17.3 Å². The van der Waals surface area contributed by atoms with Crippen molar-refractivity contribution < 1.29 is 19.4 Å². The lowest BCUT2D eigenvalue weighted by atomic mass is 10.2. The van der Waals surface area contributed by atoms with E-state index in [0.717, 1.165) is 0 Å². The van der Waals surface area contributed by atoms with Gasteiger partial charge in [-0.15, -0.1) is 0 Å². The van der Waals surface area contributed by atoms with Gasteiger partial charge in [-0.05, 0) is 25.1 Å². The zero-order valence-electron chi connectivity index (χ0n) is 9.27. The Hall–Kier alpha value is -1.75. The molecular weight excluding hydrogens is 210 g/mol. The van der Waals surface area contributed by atoms with Crippen LogP contribution in [0.25, 0.3) is 0 Å². The van der Waals surface area contributed by atoms with Crippen LogP contribution in [0, 0.1) is 0 Å². The quantitative estimate of drug-likeness (QED) is 0.585. The number of methoxy groups -OCH3 is 1. The summed E-state index contributed by atoms with van der Waals surface area (Å²) in [6.45, 7) is 1.47. The number of aliphatic hydroxyl groups excluding tert-OH is 1. The number of nitrogen functional groups attached to an aromatic ring is 1. The summed E-state index contributed by atoms with van der Waals surface area (Å²) in [5, 5.41) is 9.00. The maximum Gasteiger partial charge on any atom is 0.342 e. The fourth-order valence-electron chi connectivity index (χ4n) is 1.16. The lowest BCUT2D eigenvalue weighted by Gasteiger charge is -2.10. The van der Waals surface area contributed by atoms with E-state index < -0.39 is 12.1 Å². The first kappa shape index (κ1) is 12.3. The number of nitrogens with two attached hydrogens (primary N) is 1. The molecule has 5 nitrogen and oxygen atoms in total. The van der Waals surface area contributed by atoms with Crippen LogP contribution in [0.3, 0.4) is 0 Å². The van der Waals surface area contributed by atoms with Gasteiger partial charge in [-0.1, -0.05) is 0 Å². The van der Waals surface area contributed by atoms with Crippen LogP contribution in [-0.2, 0) is 4.74 Å². The van der Waals surface area contributed by atoms with Crippen LogP contribution in [0.15, 0.2) is 18.2 Å². The molecule has 5 heteroatoms. The Bertz CT molecular complexity index is 376. The average molecular weight is 225 g/mol. The van der Waals surface area contributed by atoms with Gasteiger partial charge in [0.15, 0.2) is 0 Å². The number of anilines is 1. The van der Waals surface area contributed by atoms with Crippen LogP contribution < -0.4 is 10.5 Å². The van der Waals surface area contributed by atoms with Gasteiger partial charge < -0.3 is 20.3 Å². The topological polar surface area (TPSA) is 81.8 Å². The van der Waals surface area contributed by atoms with Gasteiger partial charge in [0.05, 0.1) is 13.2 Å². The van der Waals surface area contributed by atoms with Gasteiger partial charge in [-0.3, -0.25) is 0 Å². The summed E-state index contributed by atoms with van der Waals surface area (Å²) in [6, 6.07) is 4.70. The van der Waals surface area contributed by atoms with Crippen LogP contribution in [0.4, 0.5) is 5.69 Å². The highest BCUT2D eigenvalue weighted by molar-refractivity contribution is 5.93. The minimum Gasteiger partial charge on any atom is -0.496 e. The smallest absolute Gasteiger partial charge is 0.342 e. The number of aliphatic hydroxyl groups is 1. The molecule has 3 N–H and O–H groups in total. The van der Waals surface area contributed by atoms with Crippen molar-refractivity contribution in [2.75, 3.05) is 19.5 Å². The lowest BCUT2D eigenvalue weighted by molar-refractivity contribution is 0.0293. The van der Waals surface area contributed by atoms with Crippen molar-refractivity contribution in [1.29, 1.82) is 0 Å². The molecule has 0 fully saturated rings. The molecule has 0 aromatic heterocycles. The van der Waals surface area contributed by atoms with Gasteiger partial charge in [-0.2, -0.15) is 0 Å². The normalized spacial score (nSPS) is 11.9. The third-order valence-corrected chi connectivity index (χ3v) is 1.90. The van der Waals surface area contributed by atoms with Crippen molar-refractivity contribution in [3.05, 3.63) is 23.8 Å². The molecule has 16 heavy (non-hydrogen) atoms. The summed E-state index contributed by atoms with van der Waals surface area (Å²) >= 11 is 0. The number of carbonyl (C=O) groups excluding carboxylic acids is 1. The van der Waals surface area contributed by atoms with Crippen molar-refractivity contribution in [2.24, 2.45) is 0 Å². The first-order valence-electron chi connectivity index (χ1n) is 4.83. The molecule has 1 unspecified atom stereocenters. The number of hydrogen-bond acceptors (Lipinski definition) is 5. The molecule has 0 saturated heterocycles. The molecule has 0 aliphatic carbocycles. The molecule has 88 valence electrons. The summed E-state index contributed by atoms with van der Waals surface area (Å²) in [5.41, 5.74) is 6.27. The van der Waals surface area contributed by atoms with E-state index in [0.29, 0.717) is 11.4 Å². The molecule has 0 radical (unpaired) electrons. The summed E-state index contributed by atoms with van der Waals surface area (Å²) < 4.78 is 9.87. The molecule has 1 aromatic carbocycles. The largest absolute Gasteiger partial charge is 0.496 e. The highest BCUT2D eigenvalue weighted by atomic mass is 16.5. The van der Waals surface area contributed by atoms with Crippen molar-refractivity contribution in [3.8, 4) is 5.75 Å². The Morgan fingerprint density at radius 1 is 1.56 bits per heavy atom. The minimum absolute atomic E-state index is 0.0587. The molecule has 0 saturated carbocycles. The summed E-state index contributed by atoms with van der Waals surface area (Å²) in [4.78, 5) is 11.6. The molecule has 0 bridgehead atoms. The van der Waals surface area contributed by atoms with Gasteiger partial charge in [-0.25, -0.2) is 4.79 Å². The van der Waals surface area contributed by atoms with Crippen molar-refractivity contribution in [2.45, 2.75) is 13.0 Å². The highest BCUT2D eigenvalue weighted by Crippen LogP contribution is 2.21. The molecule has 0 aliphatic heterocycles. The monoisotopic (exact) mass is 225 g/mol. The zero-order chi connectivity index (χ0) is 12.1. The number of benzene rings is 1. The third-order valence-electron chi connectivity index (χ3n) is 1.90. The summed E-state index contributed by atoms with van der Waals surface area (Å²) in [5.74, 6) is -0.171. The van der Waals surface area contributed by atoms with E-state index in [4.69, 9.17) is 20.3 Å². The number of ether oxygens (including phenoxy) is 2. The molecule has 0 spiro atoms. The molecular formula is C11H15NO4. The predicted octanol–water partition coefficient (Wildman–Crippen LogP) is 0.815. The highest BCUT2D eigenvalue weighted by Gasteiger charge is 2.14. The summed E-state index contributed by atoms with van der Waals surface area (Å²) in [6.07, 6.45) is -0.698. The second kappa shape index (κ2) is 5.37. The summed E-state index contributed by atoms with van der Waals surface area (Å²) in [7, 11) is 1.46. The second-order valence-corrected chi connectivity index (χ2v) is 3.41. The minimum atomic E-state index is -0.698. The van der Waals surface area contributed by atoms with E-state index in [1.54, 1.807) is 12.1 Å². The zero-order valence-corrected chi connectivity index (χ0v) is 9.27. The van der Waals surface area contributed by atoms with Gasteiger partial charge in [0.25, 0.3) is 0 Å². The Labute approximate surface area is 93.8 Å². The fraction of sp³-hybridized carbons (Fsp3) is 0.364. The Kier molecular flexibility index (Phi) is 4.13. The van der Waals surface area contributed by atoms with Gasteiger partial charge in [0.2, 0.25) is 0 Å². The van der Waals surface area contributed by atoms with Gasteiger partial charge >= 0.3 is 5.97 Å². The fourth-order valence-corrected chi connectivity index (χ4v) is 1.16. The predicted molar refractivity (Wildman–Crippen MR) is 59.4 cm³/mol. The standard InChI is InChI=1S/C11H15NO4/c1-7(13)6-16-11(14)9-5-8(12)3-4-10(9)15-2/h3-5,7,13H,6,12H2,1-2H3. The van der Waals surface area contributed by atoms with E-state index in [1.165, 1.54) is 20.1 Å². The lowest BCUT2D eigenvalue weighted by Crippen LogP contribution is -2.16. The van der Waals surface area contributed by atoms with E-state index >= 15 is 0 Å². The van der Waals surface area contributed by atoms with E-state index in [-0.39, 0.29) is 12.2 Å². The molecule has 1 atom stereocenters. The van der Waals surface area contributed by atoms with Gasteiger partial charge in [0.1, 0.15) is 17.9 Å². The van der Waals surface area contributed by atoms with E-state index in [1.807, 2.05) is 0 Å². The van der Waals surface area contributed by atoms with Crippen molar-refractivity contribution in [3.63, 3.8) is 0 Å². The molecule has 0 aliphatic rings. The molecule has 0 heterocycles. The second-order valence-electron chi connectivity index (χ2n) is 3.41. The SMILES string of the molecule is COc1ccc(N)cc1C(=O)OCC(C)O. The number of hydrogen-bond donors (Lipinski definition) is 2. The number of esters is 1. The average Bonchev–Trinajstić information content (AvgIpc) is 2.25. The number of rotatable bonds is 4. The van der Waals surface area contributed by atoms with Crippen LogP contribution in [-0.4, -0.2) is 30.9 Å². The van der Waals surface area contributed by atoms with Crippen molar-refractivity contribution >= 4 is 11.7 Å². The molecule has 1 rings (SSSR count).